The number of hydrogen-bond acceptors (Lipinski definition) is 3. The van der Waals surface area contributed by atoms with E-state index in [1.165, 1.54) is 32.4 Å². The maximum absolute atomic E-state index is 5.53. The van der Waals surface area contributed by atoms with Crippen LogP contribution in [-0.2, 0) is 9.47 Å². The second-order valence-electron chi connectivity index (χ2n) is 4.23. The molecule has 0 aliphatic carbocycles. The summed E-state index contributed by atoms with van der Waals surface area (Å²) in [4.78, 5) is 0. The van der Waals surface area contributed by atoms with E-state index in [1.807, 2.05) is 0 Å². The minimum absolute atomic E-state index is 0.747. The summed E-state index contributed by atoms with van der Waals surface area (Å²) >= 11 is 0. The van der Waals surface area contributed by atoms with Gasteiger partial charge in [0.15, 0.2) is 0 Å². The molecule has 0 aromatic heterocycles. The van der Waals surface area contributed by atoms with Crippen LogP contribution >= 0.6 is 0 Å². The van der Waals surface area contributed by atoms with E-state index in [0.29, 0.717) is 0 Å². The van der Waals surface area contributed by atoms with E-state index >= 15 is 0 Å². The Balaban J connectivity index is 1.79. The molecule has 0 radical (unpaired) electrons. The first-order valence-electron chi connectivity index (χ1n) is 6.29. The van der Waals surface area contributed by atoms with Gasteiger partial charge < -0.3 is 14.8 Å². The Morgan fingerprint density at radius 2 is 1.93 bits per heavy atom. The van der Waals surface area contributed by atoms with Crippen molar-refractivity contribution in [3.8, 4) is 0 Å². The van der Waals surface area contributed by atoms with Crippen molar-refractivity contribution in [2.24, 2.45) is 5.92 Å². The summed E-state index contributed by atoms with van der Waals surface area (Å²) in [6.45, 7) is 7.74. The van der Waals surface area contributed by atoms with Gasteiger partial charge in [-0.2, -0.15) is 0 Å². The van der Waals surface area contributed by atoms with Gasteiger partial charge in [0, 0.05) is 13.2 Å². The molecule has 0 saturated carbocycles. The van der Waals surface area contributed by atoms with E-state index in [1.54, 1.807) is 0 Å². The second-order valence-corrected chi connectivity index (χ2v) is 4.23. The summed E-state index contributed by atoms with van der Waals surface area (Å²) in [7, 11) is 0. The van der Waals surface area contributed by atoms with Crippen molar-refractivity contribution in [1.29, 1.82) is 0 Å². The lowest BCUT2D eigenvalue weighted by Crippen LogP contribution is -2.30. The molecular formula is C12H25NO2. The van der Waals surface area contributed by atoms with Crippen LogP contribution in [0, 0.1) is 5.92 Å². The predicted molar refractivity (Wildman–Crippen MR) is 62.1 cm³/mol. The van der Waals surface area contributed by atoms with Crippen LogP contribution in [0.1, 0.15) is 32.6 Å². The molecule has 1 N–H and O–H groups in total. The normalized spacial score (nSPS) is 21.8. The van der Waals surface area contributed by atoms with E-state index in [0.717, 1.165) is 38.8 Å². The highest BCUT2D eigenvalue weighted by Crippen LogP contribution is 2.13. The zero-order chi connectivity index (χ0) is 10.8. The molecule has 0 amide bonds. The second kappa shape index (κ2) is 9.13. The van der Waals surface area contributed by atoms with Crippen molar-refractivity contribution >= 4 is 0 Å². The van der Waals surface area contributed by atoms with Gasteiger partial charge in [-0.25, -0.2) is 0 Å². The average Bonchev–Trinajstić information content (AvgIpc) is 2.29. The largest absolute Gasteiger partial charge is 0.379 e. The molecule has 0 unspecified atom stereocenters. The van der Waals surface area contributed by atoms with Crippen molar-refractivity contribution in [2.45, 2.75) is 32.6 Å². The van der Waals surface area contributed by atoms with Crippen LogP contribution in [0.5, 0.6) is 0 Å². The highest BCUT2D eigenvalue weighted by molar-refractivity contribution is 4.68. The number of piperidine rings is 1. The molecule has 3 heteroatoms. The summed E-state index contributed by atoms with van der Waals surface area (Å²) in [6.07, 6.45) is 4.97. The van der Waals surface area contributed by atoms with Crippen LogP contribution in [0.4, 0.5) is 0 Å². The van der Waals surface area contributed by atoms with Gasteiger partial charge >= 0.3 is 0 Å². The van der Waals surface area contributed by atoms with Crippen LogP contribution in [-0.4, -0.2) is 39.5 Å². The van der Waals surface area contributed by atoms with Gasteiger partial charge in [-0.15, -0.1) is 0 Å². The molecule has 15 heavy (non-hydrogen) atoms. The van der Waals surface area contributed by atoms with Crippen molar-refractivity contribution in [3.05, 3.63) is 0 Å². The molecule has 1 aliphatic heterocycles. The zero-order valence-corrected chi connectivity index (χ0v) is 9.96. The van der Waals surface area contributed by atoms with Crippen molar-refractivity contribution in [2.75, 3.05) is 39.5 Å². The third kappa shape index (κ3) is 6.88. The minimum atomic E-state index is 0.747. The molecule has 3 nitrogen and oxygen atoms in total. The molecule has 1 fully saturated rings. The van der Waals surface area contributed by atoms with E-state index in [2.05, 4.69) is 12.2 Å². The molecule has 1 atom stereocenters. The molecule has 0 aromatic carbocycles. The summed E-state index contributed by atoms with van der Waals surface area (Å²) in [6, 6.07) is 0. The van der Waals surface area contributed by atoms with Crippen LogP contribution in [0.15, 0.2) is 0 Å². The van der Waals surface area contributed by atoms with Gasteiger partial charge in [-0.3, -0.25) is 0 Å². The Labute approximate surface area is 93.5 Å². The minimum Gasteiger partial charge on any atom is -0.379 e. The van der Waals surface area contributed by atoms with Crippen LogP contribution in [0.2, 0.25) is 0 Å². The third-order valence-corrected chi connectivity index (χ3v) is 2.79. The molecule has 90 valence electrons. The van der Waals surface area contributed by atoms with Crippen molar-refractivity contribution in [1.82, 2.24) is 5.32 Å². The maximum atomic E-state index is 5.53. The lowest BCUT2D eigenvalue weighted by atomic mass is 9.97. The zero-order valence-electron chi connectivity index (χ0n) is 9.96. The molecule has 0 bridgehead atoms. The number of nitrogens with one attached hydrogen (secondary N) is 1. The first kappa shape index (κ1) is 12.9. The van der Waals surface area contributed by atoms with Gasteiger partial charge in [-0.1, -0.05) is 6.92 Å². The number of hydrogen-bond donors (Lipinski definition) is 1. The van der Waals surface area contributed by atoms with Crippen LogP contribution < -0.4 is 5.32 Å². The van der Waals surface area contributed by atoms with E-state index < -0.39 is 0 Å². The van der Waals surface area contributed by atoms with E-state index in [4.69, 9.17) is 9.47 Å². The Bertz CT molecular complexity index is 136. The summed E-state index contributed by atoms with van der Waals surface area (Å²) in [5, 5.41) is 3.42. The maximum Gasteiger partial charge on any atom is 0.0700 e. The first-order valence-corrected chi connectivity index (χ1v) is 6.29. The smallest absolute Gasteiger partial charge is 0.0700 e. The van der Waals surface area contributed by atoms with Gasteiger partial charge in [0.1, 0.15) is 0 Å². The Hall–Kier alpha value is -0.120. The molecule has 1 saturated heterocycles. The highest BCUT2D eigenvalue weighted by atomic mass is 16.5. The first-order chi connectivity index (χ1) is 7.43. The molecular weight excluding hydrogens is 190 g/mol. The molecule has 1 aliphatic rings. The van der Waals surface area contributed by atoms with Crippen LogP contribution in [0.3, 0.4) is 0 Å². The van der Waals surface area contributed by atoms with Crippen LogP contribution in [0.25, 0.3) is 0 Å². The Morgan fingerprint density at radius 3 is 2.60 bits per heavy atom. The SMILES string of the molecule is CCCOCCOCC[C@H]1CCCNC1. The summed E-state index contributed by atoms with van der Waals surface area (Å²) < 4.78 is 10.9. The average molecular weight is 215 g/mol. The monoisotopic (exact) mass is 215 g/mol. The van der Waals surface area contributed by atoms with E-state index in [9.17, 15) is 0 Å². The standard InChI is InChI=1S/C12H25NO2/c1-2-7-14-9-10-15-8-5-12-4-3-6-13-11-12/h12-13H,2-11H2,1H3/t12-/m1/s1. The molecule has 1 heterocycles. The summed E-state index contributed by atoms with van der Waals surface area (Å²) in [5.74, 6) is 0.829. The lowest BCUT2D eigenvalue weighted by Gasteiger charge is -2.22. The van der Waals surface area contributed by atoms with Gasteiger partial charge in [-0.05, 0) is 44.7 Å². The Morgan fingerprint density at radius 1 is 1.13 bits per heavy atom. The lowest BCUT2D eigenvalue weighted by molar-refractivity contribution is 0.0420. The quantitative estimate of drug-likeness (QED) is 0.627. The fourth-order valence-corrected chi connectivity index (χ4v) is 1.89. The molecule has 0 spiro atoms. The predicted octanol–water partition coefficient (Wildman–Crippen LogP) is 1.82. The Kier molecular flexibility index (Phi) is 7.88. The van der Waals surface area contributed by atoms with Gasteiger partial charge in [0.2, 0.25) is 0 Å². The van der Waals surface area contributed by atoms with Crippen molar-refractivity contribution < 1.29 is 9.47 Å². The molecule has 1 rings (SSSR count). The number of ether oxygens (including phenoxy) is 2. The number of rotatable bonds is 8. The fourth-order valence-electron chi connectivity index (χ4n) is 1.89. The third-order valence-electron chi connectivity index (χ3n) is 2.79. The van der Waals surface area contributed by atoms with Gasteiger partial charge in [0.25, 0.3) is 0 Å². The fraction of sp³-hybridized carbons (Fsp3) is 1.00. The summed E-state index contributed by atoms with van der Waals surface area (Å²) in [5.41, 5.74) is 0. The van der Waals surface area contributed by atoms with Crippen molar-refractivity contribution in [3.63, 3.8) is 0 Å². The van der Waals surface area contributed by atoms with E-state index in [-0.39, 0.29) is 0 Å². The topological polar surface area (TPSA) is 30.5 Å². The van der Waals surface area contributed by atoms with Gasteiger partial charge in [0.05, 0.1) is 13.2 Å². The molecule has 0 aromatic rings. The highest BCUT2D eigenvalue weighted by Gasteiger charge is 2.11.